The first kappa shape index (κ1) is 21.4. The van der Waals surface area contributed by atoms with Crippen LogP contribution in [0.1, 0.15) is 89.8 Å². The lowest BCUT2D eigenvalue weighted by molar-refractivity contribution is -0.938. The van der Waals surface area contributed by atoms with Crippen LogP contribution in [0.3, 0.4) is 0 Å². The van der Waals surface area contributed by atoms with Gasteiger partial charge in [-0.1, -0.05) is 52.3 Å². The minimum absolute atomic E-state index is 0.492. The number of quaternary nitrogens is 1. The third-order valence-electron chi connectivity index (χ3n) is 9.78. The summed E-state index contributed by atoms with van der Waals surface area (Å²) in [6, 6.07) is 8.21. The van der Waals surface area contributed by atoms with Crippen LogP contribution in [-0.4, -0.2) is 30.7 Å². The zero-order chi connectivity index (χ0) is 20.8. The fourth-order valence-electron chi connectivity index (χ4n) is 8.23. The maximum atomic E-state index is 2.62. The van der Waals surface area contributed by atoms with E-state index in [0.29, 0.717) is 5.41 Å². The lowest BCUT2D eigenvalue weighted by atomic mass is 9.49. The number of benzene rings is 1. The Hall–Kier alpha value is -0.820. The van der Waals surface area contributed by atoms with E-state index in [4.69, 9.17) is 0 Å². The van der Waals surface area contributed by atoms with Gasteiger partial charge in [-0.25, -0.2) is 0 Å². The molecule has 0 amide bonds. The number of likely N-dealkylation sites (N-methyl/N-ethyl adjacent to an activating group) is 1. The summed E-state index contributed by atoms with van der Waals surface area (Å²) < 4.78 is 1.34. The molecule has 0 aliphatic heterocycles. The van der Waals surface area contributed by atoms with E-state index >= 15 is 0 Å². The number of hydrogen-bond acceptors (Lipinski definition) is 0. The van der Waals surface area contributed by atoms with Gasteiger partial charge in [0.2, 0.25) is 0 Å². The van der Waals surface area contributed by atoms with Gasteiger partial charge in [0.05, 0.1) is 26.2 Å². The van der Waals surface area contributed by atoms with E-state index < -0.39 is 0 Å². The van der Waals surface area contributed by atoms with Gasteiger partial charge in [-0.05, 0) is 74.0 Å². The maximum Gasteiger partial charge on any atom is 0.0966 e. The van der Waals surface area contributed by atoms with Crippen LogP contribution in [0, 0.1) is 23.7 Å². The molecular weight excluding hydrogens is 350 g/mol. The van der Waals surface area contributed by atoms with Crippen LogP contribution in [0.5, 0.6) is 0 Å². The monoisotopic (exact) mass is 396 g/mol. The molecule has 4 aliphatic carbocycles. The summed E-state index contributed by atoms with van der Waals surface area (Å²) >= 11 is 0. The van der Waals surface area contributed by atoms with Gasteiger partial charge in [0.15, 0.2) is 0 Å². The first-order valence-corrected chi connectivity index (χ1v) is 13.0. The summed E-state index contributed by atoms with van der Waals surface area (Å²) in [5.41, 5.74) is 5.82. The molecule has 0 heterocycles. The summed E-state index contributed by atoms with van der Waals surface area (Å²) in [6.07, 6.45) is 11.4. The van der Waals surface area contributed by atoms with Crippen molar-refractivity contribution in [2.24, 2.45) is 23.7 Å². The molecule has 0 bridgehead atoms. The number of rotatable bonds is 6. The second kappa shape index (κ2) is 8.03. The van der Waals surface area contributed by atoms with E-state index in [1.54, 1.807) is 11.1 Å². The largest absolute Gasteiger partial charge is 0.323 e. The molecule has 162 valence electrons. The lowest BCUT2D eigenvalue weighted by Crippen LogP contribution is -2.65. The van der Waals surface area contributed by atoms with E-state index in [0.717, 1.165) is 29.7 Å². The van der Waals surface area contributed by atoms with E-state index in [1.165, 1.54) is 68.9 Å². The highest BCUT2D eigenvalue weighted by molar-refractivity contribution is 5.50. The van der Waals surface area contributed by atoms with Crippen molar-refractivity contribution >= 4 is 0 Å². The topological polar surface area (TPSA) is 0 Å². The molecule has 0 radical (unpaired) electrons. The first-order valence-electron chi connectivity index (χ1n) is 13.0. The van der Waals surface area contributed by atoms with Crippen molar-refractivity contribution in [1.82, 2.24) is 0 Å². The maximum absolute atomic E-state index is 2.62. The molecule has 2 saturated carbocycles. The summed E-state index contributed by atoms with van der Waals surface area (Å²) in [6.45, 7) is 14.2. The predicted molar refractivity (Wildman–Crippen MR) is 125 cm³/mol. The zero-order valence-electron chi connectivity index (χ0n) is 20.1. The van der Waals surface area contributed by atoms with Crippen molar-refractivity contribution in [3.63, 3.8) is 0 Å². The van der Waals surface area contributed by atoms with Crippen LogP contribution in [-0.2, 0) is 18.3 Å². The molecule has 2 fully saturated rings. The summed E-state index contributed by atoms with van der Waals surface area (Å²) in [5.74, 6) is 3.79. The van der Waals surface area contributed by atoms with Crippen molar-refractivity contribution in [3.05, 3.63) is 34.9 Å². The van der Waals surface area contributed by atoms with Crippen molar-refractivity contribution in [1.29, 1.82) is 0 Å². The standard InChI is InChI=1S/C26H40N.C2H6/c1-5-19-13-14-22-24(27(4,7-3)17-18-11-12-18)16-21-10-8-9-20-15-23(19)26(22,6-2)25(20)21;1-2/h8-10,18-19,22-24H,5-7,11-17H2,1-4H3;1-2H3/q+1;/t19?,22?,23-,24?,26?,27?;/m0./s1. The second-order valence-electron chi connectivity index (χ2n) is 10.7. The Balaban J connectivity index is 0.000000994. The van der Waals surface area contributed by atoms with E-state index in [9.17, 15) is 0 Å². The minimum Gasteiger partial charge on any atom is -0.323 e. The molecule has 5 unspecified atom stereocenters. The Morgan fingerprint density at radius 3 is 2.21 bits per heavy atom. The minimum atomic E-state index is 0.492. The highest BCUT2D eigenvalue weighted by Gasteiger charge is 2.62. The Morgan fingerprint density at radius 2 is 1.62 bits per heavy atom. The van der Waals surface area contributed by atoms with Crippen LogP contribution in [0.2, 0.25) is 0 Å². The van der Waals surface area contributed by atoms with Crippen LogP contribution in [0.25, 0.3) is 0 Å². The fraction of sp³-hybridized carbons (Fsp3) is 0.786. The van der Waals surface area contributed by atoms with Crippen LogP contribution < -0.4 is 0 Å². The molecule has 1 aromatic rings. The quantitative estimate of drug-likeness (QED) is 0.465. The zero-order valence-corrected chi connectivity index (χ0v) is 20.1. The molecule has 4 aliphatic rings. The lowest BCUT2D eigenvalue weighted by Gasteiger charge is -2.59. The highest BCUT2D eigenvalue weighted by Crippen LogP contribution is 2.63. The van der Waals surface area contributed by atoms with Gasteiger partial charge in [0.1, 0.15) is 0 Å². The molecule has 0 saturated heterocycles. The van der Waals surface area contributed by atoms with Crippen LogP contribution in [0.15, 0.2) is 18.2 Å². The predicted octanol–water partition coefficient (Wildman–Crippen LogP) is 6.77. The smallest absolute Gasteiger partial charge is 0.0966 e. The molecule has 1 heteroatoms. The van der Waals surface area contributed by atoms with Crippen molar-refractivity contribution in [2.75, 3.05) is 20.1 Å². The molecule has 29 heavy (non-hydrogen) atoms. The Kier molecular flexibility index (Phi) is 5.93. The fourth-order valence-corrected chi connectivity index (χ4v) is 8.23. The van der Waals surface area contributed by atoms with Crippen molar-refractivity contribution in [3.8, 4) is 0 Å². The number of hydrogen-bond donors (Lipinski definition) is 0. The molecule has 1 nitrogen and oxygen atoms in total. The molecule has 0 aromatic heterocycles. The SMILES string of the molecule is CC.CCC1CCC2C([N+](C)(CC)CC3CC3)Cc3cccc4c3C2(CC)[C@H]1C4. The molecule has 0 N–H and O–H groups in total. The van der Waals surface area contributed by atoms with Crippen LogP contribution >= 0.6 is 0 Å². The molecular formula is C28H46N+. The number of nitrogens with zero attached hydrogens (tertiary/aromatic N) is 1. The molecule has 1 aromatic carbocycles. The second-order valence-corrected chi connectivity index (χ2v) is 10.7. The van der Waals surface area contributed by atoms with Gasteiger partial charge in [0, 0.05) is 23.7 Å². The average molecular weight is 397 g/mol. The van der Waals surface area contributed by atoms with Crippen molar-refractivity contribution < 1.29 is 4.48 Å². The van der Waals surface area contributed by atoms with E-state index in [2.05, 4.69) is 46.0 Å². The summed E-state index contributed by atoms with van der Waals surface area (Å²) in [5, 5.41) is 0. The van der Waals surface area contributed by atoms with Gasteiger partial charge >= 0.3 is 0 Å². The molecule has 5 rings (SSSR count). The third-order valence-corrected chi connectivity index (χ3v) is 9.78. The highest BCUT2D eigenvalue weighted by atomic mass is 15.4. The van der Waals surface area contributed by atoms with E-state index in [1.807, 2.05) is 19.4 Å². The van der Waals surface area contributed by atoms with E-state index in [-0.39, 0.29) is 0 Å². The average Bonchev–Trinajstić information content (AvgIpc) is 3.50. The Labute approximate surface area is 180 Å². The van der Waals surface area contributed by atoms with Gasteiger partial charge < -0.3 is 4.48 Å². The summed E-state index contributed by atoms with van der Waals surface area (Å²) in [7, 11) is 2.62. The third kappa shape index (κ3) is 3.13. The van der Waals surface area contributed by atoms with Gasteiger partial charge in [0.25, 0.3) is 0 Å². The van der Waals surface area contributed by atoms with Gasteiger partial charge in [-0.15, -0.1) is 0 Å². The molecule has 0 spiro atoms. The van der Waals surface area contributed by atoms with Gasteiger partial charge in [-0.2, -0.15) is 0 Å². The van der Waals surface area contributed by atoms with Crippen LogP contribution in [0.4, 0.5) is 0 Å². The Morgan fingerprint density at radius 1 is 0.931 bits per heavy atom. The normalized spacial score (nSPS) is 36.6. The first-order chi connectivity index (χ1) is 14.1. The molecule has 6 atom stereocenters. The van der Waals surface area contributed by atoms with Gasteiger partial charge in [-0.3, -0.25) is 0 Å². The summed E-state index contributed by atoms with van der Waals surface area (Å²) in [4.78, 5) is 0. The Bertz CT molecular complexity index is 719. The van der Waals surface area contributed by atoms with Crippen molar-refractivity contribution in [2.45, 2.75) is 97.4 Å².